The van der Waals surface area contributed by atoms with Crippen LogP contribution in [0.1, 0.15) is 37.9 Å². The molecule has 1 fully saturated rings. The van der Waals surface area contributed by atoms with Gasteiger partial charge in [0.25, 0.3) is 5.56 Å². The Morgan fingerprint density at radius 1 is 1.15 bits per heavy atom. The van der Waals surface area contributed by atoms with E-state index in [0.29, 0.717) is 5.76 Å². The van der Waals surface area contributed by atoms with Crippen LogP contribution < -0.4 is 19.9 Å². The van der Waals surface area contributed by atoms with E-state index in [1.54, 1.807) is 13.0 Å². The maximum absolute atomic E-state index is 14.2. The van der Waals surface area contributed by atoms with E-state index in [9.17, 15) is 22.8 Å². The maximum Gasteiger partial charge on any atom is 0.586 e. The predicted octanol–water partition coefficient (Wildman–Crippen LogP) is 6.09. The van der Waals surface area contributed by atoms with Gasteiger partial charge in [-0.3, -0.25) is 9.59 Å². The van der Waals surface area contributed by atoms with Gasteiger partial charge < -0.3 is 18.8 Å². The fraction of sp³-hybridized carbons (Fsp3) is 0.296. The van der Waals surface area contributed by atoms with Gasteiger partial charge in [0.1, 0.15) is 23.8 Å². The molecule has 0 radical (unpaired) electrons. The van der Waals surface area contributed by atoms with E-state index in [4.69, 9.17) is 16.0 Å². The van der Waals surface area contributed by atoms with Crippen molar-refractivity contribution >= 4 is 34.2 Å². The highest BCUT2D eigenvalue weighted by molar-refractivity contribution is 6.30. The van der Waals surface area contributed by atoms with Crippen LogP contribution in [0, 0.1) is 5.82 Å². The van der Waals surface area contributed by atoms with Crippen molar-refractivity contribution < 1.29 is 31.9 Å². The van der Waals surface area contributed by atoms with E-state index in [0.717, 1.165) is 30.0 Å². The molecular weight excluding hydrogens is 539 g/mol. The monoisotopic (exact) mass is 559 g/mol. The zero-order chi connectivity index (χ0) is 27.5. The minimum atomic E-state index is -3.80. The number of carbonyl (C=O) groups excluding carboxylic acids is 1. The van der Waals surface area contributed by atoms with Crippen molar-refractivity contribution in [2.45, 2.75) is 44.9 Å². The SMILES string of the molecule is CCN(C(=O)Cn1nc(-c2cc(F)cc(Cl)c2)c2oc(C3CCC3)cc2c1=O)c1ccc2c(c1)OC(F)(F)O2. The predicted molar refractivity (Wildman–Crippen MR) is 136 cm³/mol. The number of amides is 1. The van der Waals surface area contributed by atoms with Gasteiger partial charge in [-0.05, 0) is 56.2 Å². The molecular formula is C27H21ClF3N3O5. The molecule has 0 N–H and O–H groups in total. The number of carbonyl (C=O) groups is 1. The van der Waals surface area contributed by atoms with Crippen LogP contribution >= 0.6 is 11.6 Å². The molecule has 4 aromatic rings. The molecule has 2 aromatic heterocycles. The van der Waals surface area contributed by atoms with Crippen LogP contribution in [0.2, 0.25) is 5.02 Å². The largest absolute Gasteiger partial charge is 0.586 e. The average Bonchev–Trinajstić information content (AvgIpc) is 3.39. The number of fused-ring (bicyclic) bond motifs is 2. The molecule has 0 bridgehead atoms. The van der Waals surface area contributed by atoms with Gasteiger partial charge in [-0.25, -0.2) is 9.07 Å². The minimum Gasteiger partial charge on any atom is -0.458 e. The first kappa shape index (κ1) is 25.3. The number of aromatic nitrogens is 2. The van der Waals surface area contributed by atoms with Gasteiger partial charge in [-0.15, -0.1) is 8.78 Å². The second-order valence-electron chi connectivity index (χ2n) is 9.43. The molecule has 1 amide bonds. The first-order chi connectivity index (χ1) is 18.6. The Labute approximate surface area is 224 Å². The van der Waals surface area contributed by atoms with E-state index >= 15 is 0 Å². The van der Waals surface area contributed by atoms with Crippen LogP contribution in [0.15, 0.2) is 51.7 Å². The van der Waals surface area contributed by atoms with Gasteiger partial charge in [0.15, 0.2) is 17.1 Å². The number of rotatable bonds is 6. The van der Waals surface area contributed by atoms with Crippen LogP contribution in [0.4, 0.5) is 18.9 Å². The molecule has 1 aliphatic carbocycles. The third-order valence-corrected chi connectivity index (χ3v) is 7.11. The first-order valence-electron chi connectivity index (χ1n) is 12.3. The Morgan fingerprint density at radius 2 is 1.92 bits per heavy atom. The number of benzene rings is 2. The Kier molecular flexibility index (Phi) is 6.05. The number of nitrogens with zero attached hydrogens (tertiary/aromatic N) is 3. The second-order valence-corrected chi connectivity index (χ2v) is 9.86. The highest BCUT2D eigenvalue weighted by atomic mass is 35.5. The van der Waals surface area contributed by atoms with Crippen molar-refractivity contribution in [3.05, 3.63) is 69.4 Å². The quantitative estimate of drug-likeness (QED) is 0.284. The van der Waals surface area contributed by atoms with Gasteiger partial charge in [0.2, 0.25) is 5.91 Å². The molecule has 1 saturated carbocycles. The highest BCUT2D eigenvalue weighted by Gasteiger charge is 2.43. The van der Waals surface area contributed by atoms with Crippen LogP contribution in [0.25, 0.3) is 22.2 Å². The number of likely N-dealkylation sites (N-methyl/N-ethyl adjacent to an activating group) is 1. The summed E-state index contributed by atoms with van der Waals surface area (Å²) in [5.74, 6) is -0.704. The van der Waals surface area contributed by atoms with E-state index in [2.05, 4.69) is 14.6 Å². The van der Waals surface area contributed by atoms with Crippen LogP contribution in [-0.2, 0) is 11.3 Å². The number of halogens is 4. The van der Waals surface area contributed by atoms with Crippen LogP contribution in [0.5, 0.6) is 11.5 Å². The van der Waals surface area contributed by atoms with Crippen molar-refractivity contribution in [3.63, 3.8) is 0 Å². The minimum absolute atomic E-state index is 0.130. The fourth-order valence-electron chi connectivity index (χ4n) is 4.80. The standard InChI is InChI=1S/C27H21ClF3N3O5/c1-2-33(18-6-7-20-22(11-18)39-27(30,31)38-20)23(35)13-34-26(36)19-12-21(14-4-3-5-14)37-25(19)24(32-34)15-8-16(28)10-17(29)9-15/h6-12,14H,2-5,13H2,1H3. The lowest BCUT2D eigenvalue weighted by molar-refractivity contribution is -0.286. The number of ether oxygens (including phenoxy) is 2. The lowest BCUT2D eigenvalue weighted by atomic mass is 9.83. The Hall–Kier alpha value is -3.99. The van der Waals surface area contributed by atoms with E-state index in [1.165, 1.54) is 35.2 Å². The van der Waals surface area contributed by atoms with Crippen molar-refractivity contribution in [2.75, 3.05) is 11.4 Å². The number of hydrogen-bond acceptors (Lipinski definition) is 6. The summed E-state index contributed by atoms with van der Waals surface area (Å²) < 4.78 is 57.1. The Morgan fingerprint density at radius 3 is 2.62 bits per heavy atom. The second kappa shape index (κ2) is 9.33. The number of hydrogen-bond donors (Lipinski definition) is 0. The highest BCUT2D eigenvalue weighted by Crippen LogP contribution is 2.43. The van der Waals surface area contributed by atoms with Crippen LogP contribution in [-0.4, -0.2) is 28.5 Å². The third-order valence-electron chi connectivity index (χ3n) is 6.89. The lowest BCUT2D eigenvalue weighted by Crippen LogP contribution is -2.37. The van der Waals surface area contributed by atoms with E-state index in [-0.39, 0.29) is 56.9 Å². The van der Waals surface area contributed by atoms with Gasteiger partial charge in [0.05, 0.1) is 5.39 Å². The topological polar surface area (TPSA) is 86.8 Å². The van der Waals surface area contributed by atoms with Crippen molar-refractivity contribution in [1.29, 1.82) is 0 Å². The smallest absolute Gasteiger partial charge is 0.458 e. The Bertz CT molecular complexity index is 1660. The van der Waals surface area contributed by atoms with Gasteiger partial charge >= 0.3 is 6.29 Å². The zero-order valence-electron chi connectivity index (χ0n) is 20.5. The Balaban J connectivity index is 1.40. The van der Waals surface area contributed by atoms with Crippen molar-refractivity contribution in [1.82, 2.24) is 9.78 Å². The summed E-state index contributed by atoms with van der Waals surface area (Å²) in [6, 6.07) is 9.49. The summed E-state index contributed by atoms with van der Waals surface area (Å²) in [7, 11) is 0. The molecule has 6 rings (SSSR count). The zero-order valence-corrected chi connectivity index (χ0v) is 21.3. The third kappa shape index (κ3) is 4.60. The average molecular weight is 560 g/mol. The summed E-state index contributed by atoms with van der Waals surface area (Å²) >= 11 is 6.09. The number of anilines is 1. The molecule has 0 unspecified atom stereocenters. The molecule has 2 aromatic carbocycles. The summed E-state index contributed by atoms with van der Waals surface area (Å²) in [6.07, 6.45) is -0.898. The molecule has 39 heavy (non-hydrogen) atoms. The normalized spacial score (nSPS) is 15.9. The van der Waals surface area contributed by atoms with E-state index < -0.39 is 30.1 Å². The fourth-order valence-corrected chi connectivity index (χ4v) is 5.02. The summed E-state index contributed by atoms with van der Waals surface area (Å²) in [4.78, 5) is 28.1. The van der Waals surface area contributed by atoms with Crippen LogP contribution in [0.3, 0.4) is 0 Å². The molecule has 12 heteroatoms. The molecule has 3 heterocycles. The molecule has 202 valence electrons. The van der Waals surface area contributed by atoms with Gasteiger partial charge in [-0.1, -0.05) is 18.0 Å². The number of alkyl halides is 2. The van der Waals surface area contributed by atoms with Gasteiger partial charge in [0, 0.05) is 34.8 Å². The van der Waals surface area contributed by atoms with Gasteiger partial charge in [-0.2, -0.15) is 5.10 Å². The molecule has 8 nitrogen and oxygen atoms in total. The maximum atomic E-state index is 14.2. The van der Waals surface area contributed by atoms with Crippen molar-refractivity contribution in [3.8, 4) is 22.8 Å². The summed E-state index contributed by atoms with van der Waals surface area (Å²) in [5.41, 5.74) is 0.350. The molecule has 2 aliphatic rings. The number of furan rings is 1. The molecule has 0 atom stereocenters. The molecule has 1 aliphatic heterocycles. The van der Waals surface area contributed by atoms with E-state index in [1.807, 2.05) is 0 Å². The lowest BCUT2D eigenvalue weighted by Gasteiger charge is -2.22. The van der Waals surface area contributed by atoms with Crippen molar-refractivity contribution in [2.24, 2.45) is 0 Å². The molecule has 0 spiro atoms. The first-order valence-corrected chi connectivity index (χ1v) is 12.7. The summed E-state index contributed by atoms with van der Waals surface area (Å²) in [5, 5.41) is 4.73. The molecule has 0 saturated heterocycles. The summed E-state index contributed by atoms with van der Waals surface area (Å²) in [6.45, 7) is 1.38.